The fraction of sp³-hybridized carbons (Fsp3) is 0.263. The Morgan fingerprint density at radius 2 is 1.73 bits per heavy atom. The normalized spacial score (nSPS) is 18.9. The first-order chi connectivity index (χ1) is 10.7. The van der Waals surface area contributed by atoms with Crippen molar-refractivity contribution < 1.29 is 4.21 Å². The second kappa shape index (κ2) is 6.59. The quantitative estimate of drug-likeness (QED) is 0.861. The van der Waals surface area contributed by atoms with Crippen LogP contribution in [0.15, 0.2) is 59.5 Å². The molecule has 0 bridgehead atoms. The first-order valence-electron chi connectivity index (χ1n) is 7.58. The fourth-order valence-corrected chi connectivity index (χ4v) is 4.19. The topological polar surface area (TPSA) is 20.3 Å². The van der Waals surface area contributed by atoms with E-state index in [1.807, 2.05) is 24.3 Å². The lowest BCUT2D eigenvalue weighted by molar-refractivity contribution is 0.417. The molecule has 0 amide bonds. The average molecular weight is 311 g/mol. The maximum absolute atomic E-state index is 12.7. The lowest BCUT2D eigenvalue weighted by Crippen LogP contribution is -2.12. The zero-order valence-corrected chi connectivity index (χ0v) is 13.9. The molecule has 114 valence electrons. The summed E-state index contributed by atoms with van der Waals surface area (Å²) >= 11 is 0. The van der Waals surface area contributed by atoms with E-state index in [4.69, 9.17) is 0 Å². The molecule has 3 heteroatoms. The van der Waals surface area contributed by atoms with E-state index in [0.717, 1.165) is 23.4 Å². The van der Waals surface area contributed by atoms with Crippen molar-refractivity contribution in [2.24, 2.45) is 0 Å². The minimum absolute atomic E-state index is 0.595. The summed E-state index contributed by atoms with van der Waals surface area (Å²) in [7, 11) is 3.19. The summed E-state index contributed by atoms with van der Waals surface area (Å²) in [6, 6.07) is 16.4. The molecule has 1 atom stereocenters. The summed E-state index contributed by atoms with van der Waals surface area (Å²) in [6.07, 6.45) is 3.28. The number of rotatable bonds is 3. The van der Waals surface area contributed by atoms with Crippen molar-refractivity contribution in [1.82, 2.24) is 4.90 Å². The Morgan fingerprint density at radius 1 is 1.05 bits per heavy atom. The van der Waals surface area contributed by atoms with E-state index in [-0.39, 0.29) is 0 Å². The van der Waals surface area contributed by atoms with Crippen LogP contribution >= 0.6 is 0 Å². The molecule has 0 spiro atoms. The number of fused-ring (bicyclic) bond motifs is 2. The van der Waals surface area contributed by atoms with Crippen LogP contribution in [-0.4, -0.2) is 29.7 Å². The smallest absolute Gasteiger partial charge is 0.0580 e. The van der Waals surface area contributed by atoms with E-state index in [0.29, 0.717) is 5.75 Å². The van der Waals surface area contributed by atoms with Gasteiger partial charge in [0.15, 0.2) is 0 Å². The fourth-order valence-electron chi connectivity index (χ4n) is 2.85. The van der Waals surface area contributed by atoms with E-state index in [1.165, 1.54) is 16.7 Å². The van der Waals surface area contributed by atoms with Gasteiger partial charge < -0.3 is 4.90 Å². The van der Waals surface area contributed by atoms with Gasteiger partial charge in [-0.1, -0.05) is 48.5 Å². The van der Waals surface area contributed by atoms with Crippen LogP contribution in [0.4, 0.5) is 0 Å². The van der Waals surface area contributed by atoms with Crippen LogP contribution in [0.2, 0.25) is 0 Å². The van der Waals surface area contributed by atoms with Crippen molar-refractivity contribution in [2.45, 2.75) is 17.1 Å². The molecule has 0 saturated heterocycles. The molecule has 0 N–H and O–H groups in total. The van der Waals surface area contributed by atoms with Crippen LogP contribution in [0.1, 0.15) is 23.1 Å². The predicted octanol–water partition coefficient (Wildman–Crippen LogP) is 3.69. The molecule has 0 radical (unpaired) electrons. The molecule has 3 rings (SSSR count). The number of benzene rings is 2. The standard InChI is InChI=1S/C19H21NOS/c1-20(2)13-7-11-17-16-9-4-3-8-15(16)14-22(21)19-12-6-5-10-18(17)19/h3-6,8-12H,7,13-14H2,1-2H3/b17-11-/t22-/m1/s1. The third kappa shape index (κ3) is 3.06. The molecule has 0 aromatic heterocycles. The van der Waals surface area contributed by atoms with Crippen LogP contribution in [-0.2, 0) is 16.6 Å². The molecular formula is C19H21NOS. The summed E-state index contributed by atoms with van der Waals surface area (Å²) in [5.74, 6) is 0.595. The molecule has 22 heavy (non-hydrogen) atoms. The average Bonchev–Trinajstić information content (AvgIpc) is 2.63. The molecule has 2 aromatic carbocycles. The largest absolute Gasteiger partial charge is 0.309 e. The highest BCUT2D eigenvalue weighted by Crippen LogP contribution is 2.35. The van der Waals surface area contributed by atoms with Gasteiger partial charge in [-0.3, -0.25) is 4.21 Å². The van der Waals surface area contributed by atoms with E-state index >= 15 is 0 Å². The van der Waals surface area contributed by atoms with Gasteiger partial charge in [0.2, 0.25) is 0 Å². The summed E-state index contributed by atoms with van der Waals surface area (Å²) in [5.41, 5.74) is 4.73. The first kappa shape index (κ1) is 15.2. The van der Waals surface area contributed by atoms with Crippen LogP contribution < -0.4 is 0 Å². The summed E-state index contributed by atoms with van der Waals surface area (Å²) in [4.78, 5) is 3.14. The van der Waals surface area contributed by atoms with Crippen LogP contribution in [0.3, 0.4) is 0 Å². The van der Waals surface area contributed by atoms with E-state index in [9.17, 15) is 4.21 Å². The highest BCUT2D eigenvalue weighted by molar-refractivity contribution is 7.84. The summed E-state index contributed by atoms with van der Waals surface area (Å²) in [6.45, 7) is 1.01. The molecule has 0 unspecified atom stereocenters. The number of hydrogen-bond donors (Lipinski definition) is 0. The van der Waals surface area contributed by atoms with Gasteiger partial charge in [0.25, 0.3) is 0 Å². The lowest BCUT2D eigenvalue weighted by Gasteiger charge is -2.12. The molecular weight excluding hydrogens is 290 g/mol. The minimum Gasteiger partial charge on any atom is -0.309 e. The van der Waals surface area contributed by atoms with E-state index in [2.05, 4.69) is 49.3 Å². The van der Waals surface area contributed by atoms with Crippen molar-refractivity contribution in [2.75, 3.05) is 20.6 Å². The molecule has 0 saturated carbocycles. The Balaban J connectivity index is 2.14. The highest BCUT2D eigenvalue weighted by Gasteiger charge is 2.21. The van der Waals surface area contributed by atoms with Gasteiger partial charge in [-0.25, -0.2) is 0 Å². The minimum atomic E-state index is -0.980. The number of hydrogen-bond acceptors (Lipinski definition) is 2. The van der Waals surface area contributed by atoms with E-state index in [1.54, 1.807) is 0 Å². The SMILES string of the molecule is CN(C)CC/C=C1/c2ccccc2C[S@@](=O)c2ccccc21. The second-order valence-corrected chi connectivity index (χ2v) is 7.27. The van der Waals surface area contributed by atoms with Crippen molar-refractivity contribution in [1.29, 1.82) is 0 Å². The number of nitrogens with zero attached hydrogens (tertiary/aromatic N) is 1. The van der Waals surface area contributed by atoms with Crippen molar-refractivity contribution >= 4 is 16.4 Å². The zero-order valence-electron chi connectivity index (χ0n) is 13.1. The van der Waals surface area contributed by atoms with Crippen LogP contribution in [0.5, 0.6) is 0 Å². The predicted molar refractivity (Wildman–Crippen MR) is 93.2 cm³/mol. The maximum Gasteiger partial charge on any atom is 0.0580 e. The molecule has 1 aliphatic heterocycles. The molecule has 0 aliphatic carbocycles. The van der Waals surface area contributed by atoms with Gasteiger partial charge in [-0.15, -0.1) is 0 Å². The van der Waals surface area contributed by atoms with Crippen molar-refractivity contribution in [3.63, 3.8) is 0 Å². The van der Waals surface area contributed by atoms with Gasteiger partial charge in [-0.2, -0.15) is 0 Å². The van der Waals surface area contributed by atoms with Crippen LogP contribution in [0, 0.1) is 0 Å². The molecule has 1 aliphatic rings. The lowest BCUT2D eigenvalue weighted by atomic mass is 9.93. The Kier molecular flexibility index (Phi) is 4.55. The third-order valence-corrected chi connectivity index (χ3v) is 5.36. The molecule has 2 aromatic rings. The summed E-state index contributed by atoms with van der Waals surface area (Å²) in [5, 5.41) is 0. The Bertz CT molecular complexity index is 734. The summed E-state index contributed by atoms with van der Waals surface area (Å²) < 4.78 is 12.7. The zero-order chi connectivity index (χ0) is 15.5. The van der Waals surface area contributed by atoms with Gasteiger partial charge in [-0.05, 0) is 48.8 Å². The van der Waals surface area contributed by atoms with Crippen molar-refractivity contribution in [3.8, 4) is 0 Å². The van der Waals surface area contributed by atoms with Gasteiger partial charge in [0, 0.05) is 11.4 Å². The van der Waals surface area contributed by atoms with Gasteiger partial charge in [0.1, 0.15) is 0 Å². The van der Waals surface area contributed by atoms with Gasteiger partial charge >= 0.3 is 0 Å². The Morgan fingerprint density at radius 3 is 2.50 bits per heavy atom. The molecule has 2 nitrogen and oxygen atoms in total. The highest BCUT2D eigenvalue weighted by atomic mass is 32.2. The Labute approximate surface area is 134 Å². The first-order valence-corrected chi connectivity index (χ1v) is 8.89. The monoisotopic (exact) mass is 311 g/mol. The Hall–Kier alpha value is -1.71. The molecule has 0 fully saturated rings. The molecule has 1 heterocycles. The maximum atomic E-state index is 12.7. The van der Waals surface area contributed by atoms with Gasteiger partial charge in [0.05, 0.1) is 16.6 Å². The second-order valence-electron chi connectivity index (χ2n) is 5.85. The third-order valence-electron chi connectivity index (χ3n) is 3.94. The van der Waals surface area contributed by atoms with Crippen LogP contribution in [0.25, 0.3) is 5.57 Å². The van der Waals surface area contributed by atoms with Crippen molar-refractivity contribution in [3.05, 3.63) is 71.3 Å². The van der Waals surface area contributed by atoms with E-state index < -0.39 is 10.8 Å².